The zero-order valence-corrected chi connectivity index (χ0v) is 8.29. The highest BCUT2D eigenvalue weighted by atomic mass is 16.3. The topological polar surface area (TPSA) is 23.5 Å². The molecule has 1 aliphatic carbocycles. The van der Waals surface area contributed by atoms with Crippen molar-refractivity contribution in [3.8, 4) is 0 Å². The van der Waals surface area contributed by atoms with Crippen LogP contribution in [-0.2, 0) is 0 Å². The van der Waals surface area contributed by atoms with Crippen molar-refractivity contribution in [2.45, 2.75) is 39.2 Å². The fourth-order valence-electron chi connectivity index (χ4n) is 1.61. The van der Waals surface area contributed by atoms with E-state index in [4.69, 9.17) is 5.11 Å². The molecule has 1 aliphatic rings. The molecule has 1 unspecified atom stereocenters. The molecule has 72 valence electrons. The van der Waals surface area contributed by atoms with Gasteiger partial charge in [0.15, 0.2) is 0 Å². The molecule has 0 saturated heterocycles. The molecule has 1 fully saturated rings. The Morgan fingerprint density at radius 1 is 1.50 bits per heavy atom. The maximum absolute atomic E-state index is 8.93. The number of nitrogens with zero attached hydrogens (tertiary/aromatic N) is 1. The van der Waals surface area contributed by atoms with Crippen LogP contribution in [0.1, 0.15) is 33.1 Å². The van der Waals surface area contributed by atoms with Crippen LogP contribution in [-0.4, -0.2) is 35.7 Å². The van der Waals surface area contributed by atoms with Crippen LogP contribution in [0.4, 0.5) is 0 Å². The maximum atomic E-state index is 8.93. The second-order valence-corrected chi connectivity index (χ2v) is 4.01. The lowest BCUT2D eigenvalue weighted by atomic mass is 10.2. The third-order valence-electron chi connectivity index (χ3n) is 2.43. The van der Waals surface area contributed by atoms with Gasteiger partial charge in [-0.25, -0.2) is 0 Å². The van der Waals surface area contributed by atoms with Crippen LogP contribution >= 0.6 is 0 Å². The van der Waals surface area contributed by atoms with Gasteiger partial charge < -0.3 is 10.0 Å². The summed E-state index contributed by atoms with van der Waals surface area (Å²) in [4.78, 5) is 2.53. The Morgan fingerprint density at radius 3 is 2.58 bits per heavy atom. The lowest BCUT2D eigenvalue weighted by Gasteiger charge is -2.23. The fraction of sp³-hybridized carbons (Fsp3) is 1.00. The van der Waals surface area contributed by atoms with Crippen LogP contribution < -0.4 is 0 Å². The minimum atomic E-state index is 0.326. The molecular weight excluding hydrogens is 150 g/mol. The molecule has 2 nitrogen and oxygen atoms in total. The number of hydrogen-bond acceptors (Lipinski definition) is 2. The molecule has 0 radical (unpaired) electrons. The molecular formula is C10H21NO. The van der Waals surface area contributed by atoms with Crippen molar-refractivity contribution < 1.29 is 5.11 Å². The van der Waals surface area contributed by atoms with E-state index in [2.05, 4.69) is 18.7 Å². The standard InChI is InChI=1S/C10H21NO/c1-3-6-11(10-4-5-10)7-9(2)8-12/h9-10,12H,3-8H2,1-2H3. The zero-order valence-electron chi connectivity index (χ0n) is 8.29. The maximum Gasteiger partial charge on any atom is 0.0468 e. The Morgan fingerprint density at radius 2 is 2.17 bits per heavy atom. The summed E-state index contributed by atoms with van der Waals surface area (Å²) in [7, 11) is 0. The van der Waals surface area contributed by atoms with E-state index in [0.717, 1.165) is 12.6 Å². The Balaban J connectivity index is 2.22. The number of aliphatic hydroxyl groups excluding tert-OH is 1. The molecule has 0 heterocycles. The van der Waals surface area contributed by atoms with Gasteiger partial charge in [-0.2, -0.15) is 0 Å². The third-order valence-corrected chi connectivity index (χ3v) is 2.43. The van der Waals surface area contributed by atoms with Crippen molar-refractivity contribution >= 4 is 0 Å². The van der Waals surface area contributed by atoms with E-state index < -0.39 is 0 Å². The van der Waals surface area contributed by atoms with Crippen molar-refractivity contribution in [1.29, 1.82) is 0 Å². The van der Waals surface area contributed by atoms with Gasteiger partial charge >= 0.3 is 0 Å². The lowest BCUT2D eigenvalue weighted by molar-refractivity contribution is 0.168. The molecule has 0 aromatic rings. The Labute approximate surface area is 75.6 Å². The van der Waals surface area contributed by atoms with Gasteiger partial charge in [-0.05, 0) is 31.7 Å². The van der Waals surface area contributed by atoms with Crippen LogP contribution in [0.5, 0.6) is 0 Å². The Kier molecular flexibility index (Phi) is 4.02. The Hall–Kier alpha value is -0.0800. The normalized spacial score (nSPS) is 20.0. The quantitative estimate of drug-likeness (QED) is 0.654. The average molecular weight is 171 g/mol. The average Bonchev–Trinajstić information content (AvgIpc) is 2.86. The van der Waals surface area contributed by atoms with Crippen molar-refractivity contribution in [2.75, 3.05) is 19.7 Å². The molecule has 0 aliphatic heterocycles. The predicted molar refractivity (Wildman–Crippen MR) is 51.1 cm³/mol. The highest BCUT2D eigenvalue weighted by Gasteiger charge is 2.28. The van der Waals surface area contributed by atoms with E-state index in [0.29, 0.717) is 12.5 Å². The van der Waals surface area contributed by atoms with Gasteiger partial charge in [0.1, 0.15) is 0 Å². The first-order chi connectivity index (χ1) is 5.77. The second kappa shape index (κ2) is 4.83. The molecule has 0 aromatic carbocycles. The first-order valence-electron chi connectivity index (χ1n) is 5.12. The first kappa shape index (κ1) is 10.0. The van der Waals surface area contributed by atoms with Crippen molar-refractivity contribution in [3.63, 3.8) is 0 Å². The van der Waals surface area contributed by atoms with Crippen LogP contribution in [0.15, 0.2) is 0 Å². The third kappa shape index (κ3) is 3.11. The zero-order chi connectivity index (χ0) is 8.97. The monoisotopic (exact) mass is 171 g/mol. The van der Waals surface area contributed by atoms with E-state index in [1.165, 1.54) is 25.8 Å². The van der Waals surface area contributed by atoms with Gasteiger partial charge in [-0.15, -0.1) is 0 Å². The molecule has 0 spiro atoms. The summed E-state index contributed by atoms with van der Waals surface area (Å²) in [5.41, 5.74) is 0. The fourth-order valence-corrected chi connectivity index (χ4v) is 1.61. The van der Waals surface area contributed by atoms with E-state index in [1.54, 1.807) is 0 Å². The van der Waals surface area contributed by atoms with Crippen LogP contribution in [0.2, 0.25) is 0 Å². The highest BCUT2D eigenvalue weighted by molar-refractivity contribution is 4.84. The molecule has 1 saturated carbocycles. The second-order valence-electron chi connectivity index (χ2n) is 4.01. The molecule has 0 aromatic heterocycles. The smallest absolute Gasteiger partial charge is 0.0468 e. The number of hydrogen-bond donors (Lipinski definition) is 1. The van der Waals surface area contributed by atoms with Gasteiger partial charge in [0.25, 0.3) is 0 Å². The van der Waals surface area contributed by atoms with E-state index in [9.17, 15) is 0 Å². The lowest BCUT2D eigenvalue weighted by Crippen LogP contribution is -2.32. The summed E-state index contributed by atoms with van der Waals surface area (Å²) >= 11 is 0. The number of rotatable bonds is 6. The van der Waals surface area contributed by atoms with Gasteiger partial charge in [0, 0.05) is 19.2 Å². The Bertz CT molecular complexity index is 123. The van der Waals surface area contributed by atoms with Gasteiger partial charge in [-0.1, -0.05) is 13.8 Å². The summed E-state index contributed by atoms with van der Waals surface area (Å²) in [5.74, 6) is 0.442. The SMILES string of the molecule is CCCN(CC(C)CO)C1CC1. The first-order valence-corrected chi connectivity index (χ1v) is 5.12. The van der Waals surface area contributed by atoms with Crippen molar-refractivity contribution in [1.82, 2.24) is 4.90 Å². The predicted octanol–water partition coefficient (Wildman–Crippen LogP) is 1.49. The summed E-state index contributed by atoms with van der Waals surface area (Å²) in [6, 6.07) is 0.846. The van der Waals surface area contributed by atoms with E-state index >= 15 is 0 Å². The van der Waals surface area contributed by atoms with Crippen LogP contribution in [0.25, 0.3) is 0 Å². The minimum Gasteiger partial charge on any atom is -0.396 e. The summed E-state index contributed by atoms with van der Waals surface area (Å²) in [5, 5.41) is 8.93. The summed E-state index contributed by atoms with van der Waals surface area (Å²) in [6.07, 6.45) is 3.98. The number of aliphatic hydroxyl groups is 1. The molecule has 12 heavy (non-hydrogen) atoms. The van der Waals surface area contributed by atoms with Crippen molar-refractivity contribution in [3.05, 3.63) is 0 Å². The molecule has 1 rings (SSSR count). The largest absolute Gasteiger partial charge is 0.396 e. The summed E-state index contributed by atoms with van der Waals surface area (Å²) < 4.78 is 0. The molecule has 0 amide bonds. The van der Waals surface area contributed by atoms with Gasteiger partial charge in [0.2, 0.25) is 0 Å². The van der Waals surface area contributed by atoms with Crippen LogP contribution in [0, 0.1) is 5.92 Å². The van der Waals surface area contributed by atoms with E-state index in [-0.39, 0.29) is 0 Å². The molecule has 1 atom stereocenters. The molecule has 1 N–H and O–H groups in total. The molecule has 2 heteroatoms. The highest BCUT2D eigenvalue weighted by Crippen LogP contribution is 2.27. The van der Waals surface area contributed by atoms with Crippen molar-refractivity contribution in [2.24, 2.45) is 5.92 Å². The molecule has 0 bridgehead atoms. The van der Waals surface area contributed by atoms with Crippen LogP contribution in [0.3, 0.4) is 0 Å². The minimum absolute atomic E-state index is 0.326. The van der Waals surface area contributed by atoms with Gasteiger partial charge in [-0.3, -0.25) is 0 Å². The van der Waals surface area contributed by atoms with E-state index in [1.807, 2.05) is 0 Å². The van der Waals surface area contributed by atoms with Gasteiger partial charge in [0.05, 0.1) is 0 Å². The summed E-state index contributed by atoms with van der Waals surface area (Å²) in [6.45, 7) is 6.95.